The third kappa shape index (κ3) is 3.28. The monoisotopic (exact) mass is 184 g/mol. The Kier molecular flexibility index (Phi) is 3.63. The Labute approximate surface area is 78.7 Å². The minimum Gasteiger partial charge on any atom is -0.348 e. The summed E-state index contributed by atoms with van der Waals surface area (Å²) in [5.74, 6) is -0.431. The maximum atomic E-state index is 10.3. The summed E-state index contributed by atoms with van der Waals surface area (Å²) in [7, 11) is 0. The predicted molar refractivity (Wildman–Crippen MR) is 49.4 cm³/mol. The Bertz CT molecular complexity index is 202. The molecule has 0 aliphatic carbocycles. The van der Waals surface area contributed by atoms with Gasteiger partial charge in [-0.1, -0.05) is 6.08 Å². The van der Waals surface area contributed by atoms with Gasteiger partial charge in [-0.05, 0) is 25.8 Å². The van der Waals surface area contributed by atoms with Crippen LogP contribution in [0.25, 0.3) is 0 Å². The fourth-order valence-electron chi connectivity index (χ4n) is 1.31. The molecule has 0 bridgehead atoms. The Morgan fingerprint density at radius 1 is 1.46 bits per heavy atom. The first-order chi connectivity index (χ1) is 6.16. The molecule has 0 aromatic carbocycles. The summed E-state index contributed by atoms with van der Waals surface area (Å²) >= 11 is 0. The second kappa shape index (κ2) is 4.53. The van der Waals surface area contributed by atoms with Gasteiger partial charge >= 0.3 is 0 Å². The summed E-state index contributed by atoms with van der Waals surface area (Å²) in [5.41, 5.74) is 0.765. The van der Waals surface area contributed by atoms with Gasteiger partial charge in [0.2, 0.25) is 0 Å². The highest BCUT2D eigenvalue weighted by atomic mass is 16.7. The second-order valence-electron chi connectivity index (χ2n) is 3.44. The standard InChI is InChI=1S/C10H16O3/c1-9(8-11)4-3-5-10(2)12-6-7-13-10/h4,8H,3,5-7H2,1-2H3/b9-4+. The van der Waals surface area contributed by atoms with Crippen molar-refractivity contribution >= 4 is 6.29 Å². The number of carbonyl (C=O) groups excluding carboxylic acids is 1. The van der Waals surface area contributed by atoms with E-state index in [9.17, 15) is 4.79 Å². The largest absolute Gasteiger partial charge is 0.348 e. The molecular weight excluding hydrogens is 168 g/mol. The van der Waals surface area contributed by atoms with E-state index in [0.29, 0.717) is 13.2 Å². The zero-order chi connectivity index (χ0) is 9.73. The third-order valence-electron chi connectivity index (χ3n) is 2.15. The molecule has 0 amide bonds. The molecule has 1 aliphatic heterocycles. The van der Waals surface area contributed by atoms with E-state index in [4.69, 9.17) is 9.47 Å². The average molecular weight is 184 g/mol. The SMILES string of the molecule is C/C(C=O)=C\CCC1(C)OCCO1. The predicted octanol–water partition coefficient (Wildman–Crippen LogP) is 1.67. The lowest BCUT2D eigenvalue weighted by Gasteiger charge is -2.21. The molecule has 0 aromatic heterocycles. The van der Waals surface area contributed by atoms with Gasteiger partial charge in [-0.25, -0.2) is 0 Å². The smallest absolute Gasteiger partial charge is 0.166 e. The Hall–Kier alpha value is -0.670. The molecule has 1 aliphatic rings. The first kappa shape index (κ1) is 10.4. The molecule has 0 radical (unpaired) electrons. The van der Waals surface area contributed by atoms with Crippen LogP contribution in [0.5, 0.6) is 0 Å². The van der Waals surface area contributed by atoms with Crippen molar-refractivity contribution in [3.63, 3.8) is 0 Å². The summed E-state index contributed by atoms with van der Waals surface area (Å²) in [6, 6.07) is 0. The molecule has 74 valence electrons. The van der Waals surface area contributed by atoms with Crippen LogP contribution in [0.1, 0.15) is 26.7 Å². The van der Waals surface area contributed by atoms with Crippen molar-refractivity contribution in [1.29, 1.82) is 0 Å². The van der Waals surface area contributed by atoms with Crippen molar-refractivity contribution in [2.45, 2.75) is 32.5 Å². The van der Waals surface area contributed by atoms with Crippen LogP contribution < -0.4 is 0 Å². The zero-order valence-corrected chi connectivity index (χ0v) is 8.21. The number of aldehydes is 1. The van der Waals surface area contributed by atoms with E-state index >= 15 is 0 Å². The van der Waals surface area contributed by atoms with Crippen LogP contribution >= 0.6 is 0 Å². The summed E-state index contributed by atoms with van der Waals surface area (Å²) in [6.45, 7) is 5.08. The van der Waals surface area contributed by atoms with Gasteiger partial charge in [-0.15, -0.1) is 0 Å². The van der Waals surface area contributed by atoms with E-state index in [1.807, 2.05) is 13.0 Å². The topological polar surface area (TPSA) is 35.5 Å². The molecule has 0 atom stereocenters. The van der Waals surface area contributed by atoms with Gasteiger partial charge in [0.15, 0.2) is 5.79 Å². The van der Waals surface area contributed by atoms with E-state index in [2.05, 4.69) is 0 Å². The molecule has 1 rings (SSSR count). The molecule has 0 unspecified atom stereocenters. The van der Waals surface area contributed by atoms with Crippen LogP contribution in [0.15, 0.2) is 11.6 Å². The van der Waals surface area contributed by atoms with Crippen molar-refractivity contribution in [2.75, 3.05) is 13.2 Å². The number of rotatable bonds is 4. The lowest BCUT2D eigenvalue weighted by molar-refractivity contribution is -0.145. The molecular formula is C10H16O3. The Morgan fingerprint density at radius 3 is 2.62 bits per heavy atom. The number of ether oxygens (including phenoxy) is 2. The summed E-state index contributed by atoms with van der Waals surface area (Å²) < 4.78 is 10.8. The Balaban J connectivity index is 2.29. The van der Waals surface area contributed by atoms with Gasteiger partial charge < -0.3 is 9.47 Å². The molecule has 0 saturated carbocycles. The van der Waals surface area contributed by atoms with Crippen molar-refractivity contribution in [3.8, 4) is 0 Å². The molecule has 1 fully saturated rings. The molecule has 0 spiro atoms. The van der Waals surface area contributed by atoms with E-state index in [-0.39, 0.29) is 0 Å². The normalized spacial score (nSPS) is 21.8. The van der Waals surface area contributed by atoms with Gasteiger partial charge in [0.25, 0.3) is 0 Å². The fourth-order valence-corrected chi connectivity index (χ4v) is 1.31. The number of allylic oxidation sites excluding steroid dienone is 2. The molecule has 13 heavy (non-hydrogen) atoms. The van der Waals surface area contributed by atoms with Crippen molar-refractivity contribution in [1.82, 2.24) is 0 Å². The number of carbonyl (C=O) groups is 1. The van der Waals surface area contributed by atoms with Crippen molar-refractivity contribution in [2.24, 2.45) is 0 Å². The summed E-state index contributed by atoms with van der Waals surface area (Å²) in [4.78, 5) is 10.3. The lowest BCUT2D eigenvalue weighted by Crippen LogP contribution is -2.24. The highest BCUT2D eigenvalue weighted by Crippen LogP contribution is 2.24. The van der Waals surface area contributed by atoms with Gasteiger partial charge in [0.1, 0.15) is 6.29 Å². The highest BCUT2D eigenvalue weighted by Gasteiger charge is 2.29. The molecule has 3 nitrogen and oxygen atoms in total. The summed E-state index contributed by atoms with van der Waals surface area (Å²) in [6.07, 6.45) is 4.39. The summed E-state index contributed by atoms with van der Waals surface area (Å²) in [5, 5.41) is 0. The van der Waals surface area contributed by atoms with Crippen molar-refractivity contribution < 1.29 is 14.3 Å². The van der Waals surface area contributed by atoms with Crippen LogP contribution in [0.2, 0.25) is 0 Å². The molecule has 1 saturated heterocycles. The van der Waals surface area contributed by atoms with Gasteiger partial charge in [0, 0.05) is 6.42 Å². The number of hydrogen-bond acceptors (Lipinski definition) is 3. The van der Waals surface area contributed by atoms with E-state index in [1.54, 1.807) is 6.92 Å². The van der Waals surface area contributed by atoms with Gasteiger partial charge in [0.05, 0.1) is 13.2 Å². The first-order valence-electron chi connectivity index (χ1n) is 4.56. The lowest BCUT2D eigenvalue weighted by atomic mass is 10.1. The van der Waals surface area contributed by atoms with Crippen molar-refractivity contribution in [3.05, 3.63) is 11.6 Å². The van der Waals surface area contributed by atoms with E-state index in [1.165, 1.54) is 0 Å². The van der Waals surface area contributed by atoms with E-state index in [0.717, 1.165) is 24.7 Å². The minimum absolute atomic E-state index is 0.431. The maximum Gasteiger partial charge on any atom is 0.166 e. The van der Waals surface area contributed by atoms with Crippen LogP contribution in [-0.2, 0) is 14.3 Å². The first-order valence-corrected chi connectivity index (χ1v) is 4.56. The highest BCUT2D eigenvalue weighted by molar-refractivity contribution is 5.71. The molecule has 0 aromatic rings. The molecule has 3 heteroatoms. The quantitative estimate of drug-likeness (QED) is 0.492. The Morgan fingerprint density at radius 2 is 2.08 bits per heavy atom. The van der Waals surface area contributed by atoms with E-state index < -0.39 is 5.79 Å². The molecule has 0 N–H and O–H groups in total. The van der Waals surface area contributed by atoms with Crippen LogP contribution in [-0.4, -0.2) is 25.3 Å². The zero-order valence-electron chi connectivity index (χ0n) is 8.21. The molecule has 1 heterocycles. The second-order valence-corrected chi connectivity index (χ2v) is 3.44. The third-order valence-corrected chi connectivity index (χ3v) is 2.15. The van der Waals surface area contributed by atoms with Crippen LogP contribution in [0, 0.1) is 0 Å². The van der Waals surface area contributed by atoms with Gasteiger partial charge in [-0.3, -0.25) is 4.79 Å². The van der Waals surface area contributed by atoms with Crippen LogP contribution in [0.3, 0.4) is 0 Å². The minimum atomic E-state index is -0.431. The average Bonchev–Trinajstić information content (AvgIpc) is 2.52. The number of hydrogen-bond donors (Lipinski definition) is 0. The fraction of sp³-hybridized carbons (Fsp3) is 0.700. The maximum absolute atomic E-state index is 10.3. The van der Waals surface area contributed by atoms with Crippen LogP contribution in [0.4, 0.5) is 0 Å². The van der Waals surface area contributed by atoms with Gasteiger partial charge in [-0.2, -0.15) is 0 Å².